The van der Waals surface area contributed by atoms with Gasteiger partial charge in [0.2, 0.25) is 11.8 Å². The fraction of sp³-hybridized carbons (Fsp3) is 0.655. The molecule has 4 amide bonds. The van der Waals surface area contributed by atoms with Crippen molar-refractivity contribution in [1.29, 1.82) is 0 Å². The minimum absolute atomic E-state index is 0.0397. The number of hydrogen-bond donors (Lipinski definition) is 3. The Morgan fingerprint density at radius 1 is 1.00 bits per heavy atom. The topological polar surface area (TPSA) is 151 Å². The first-order valence-corrected chi connectivity index (χ1v) is 15.5. The summed E-state index contributed by atoms with van der Waals surface area (Å²) in [6.45, 7) is 14.8. The van der Waals surface area contributed by atoms with Gasteiger partial charge in [0.25, 0.3) is 15.9 Å². The van der Waals surface area contributed by atoms with Gasteiger partial charge in [-0.25, -0.2) is 17.9 Å². The van der Waals surface area contributed by atoms with Crippen molar-refractivity contribution >= 4 is 33.8 Å². The molecule has 228 valence electrons. The maximum Gasteiger partial charge on any atom is 0.408 e. The number of likely N-dealkylation sites (tertiary alicyclic amines) is 1. The maximum atomic E-state index is 14.0. The second-order valence-corrected chi connectivity index (χ2v) is 15.1. The monoisotopic (exact) mass is 592 g/mol. The lowest BCUT2D eigenvalue weighted by Gasteiger charge is -2.37. The van der Waals surface area contributed by atoms with Crippen LogP contribution in [0.5, 0.6) is 0 Å². The Bertz CT molecular complexity index is 1260. The summed E-state index contributed by atoms with van der Waals surface area (Å²) < 4.78 is 33.0. The number of alkyl carbamates (subject to hydrolysis) is 1. The Morgan fingerprint density at radius 3 is 2.07 bits per heavy atom. The molecule has 1 unspecified atom stereocenters. The molecule has 1 aromatic rings. The first-order valence-electron chi connectivity index (χ1n) is 14.0. The fourth-order valence-corrected chi connectivity index (χ4v) is 6.13. The number of rotatable bonds is 8. The van der Waals surface area contributed by atoms with E-state index in [4.69, 9.17) is 4.74 Å². The number of nitrogens with zero attached hydrogens (tertiary/aromatic N) is 1. The highest BCUT2D eigenvalue weighted by Crippen LogP contribution is 2.39. The predicted octanol–water partition coefficient (Wildman–Crippen LogP) is 2.95. The Kier molecular flexibility index (Phi) is 9.17. The van der Waals surface area contributed by atoms with E-state index in [2.05, 4.69) is 15.4 Å². The van der Waals surface area contributed by atoms with Crippen molar-refractivity contribution < 1.29 is 32.3 Å². The molecule has 1 heterocycles. The van der Waals surface area contributed by atoms with Gasteiger partial charge in [-0.3, -0.25) is 14.4 Å². The van der Waals surface area contributed by atoms with Crippen LogP contribution < -0.4 is 15.4 Å². The number of nitrogens with one attached hydrogen (secondary N) is 3. The Labute approximate surface area is 243 Å². The van der Waals surface area contributed by atoms with Crippen molar-refractivity contribution in [3.8, 4) is 0 Å². The summed E-state index contributed by atoms with van der Waals surface area (Å²) in [5, 5.41) is 5.48. The predicted molar refractivity (Wildman–Crippen MR) is 153 cm³/mol. The van der Waals surface area contributed by atoms with E-state index < -0.39 is 62.5 Å². The molecule has 12 heteroatoms. The molecule has 0 bridgehead atoms. The van der Waals surface area contributed by atoms with Crippen molar-refractivity contribution in [1.82, 2.24) is 20.3 Å². The molecule has 3 rings (SSSR count). The van der Waals surface area contributed by atoms with Crippen molar-refractivity contribution in [2.75, 3.05) is 6.54 Å². The van der Waals surface area contributed by atoms with Crippen LogP contribution in [0.25, 0.3) is 0 Å². The van der Waals surface area contributed by atoms with Gasteiger partial charge < -0.3 is 20.3 Å². The van der Waals surface area contributed by atoms with Gasteiger partial charge in [-0.15, -0.1) is 0 Å². The molecular weight excluding hydrogens is 548 g/mol. The minimum Gasteiger partial charge on any atom is -0.444 e. The lowest BCUT2D eigenvalue weighted by Crippen LogP contribution is -2.61. The third-order valence-corrected chi connectivity index (χ3v) is 8.80. The van der Waals surface area contributed by atoms with Crippen LogP contribution in [0.15, 0.2) is 35.2 Å². The van der Waals surface area contributed by atoms with Gasteiger partial charge in [0.1, 0.15) is 23.2 Å². The number of hydrogen-bond acceptors (Lipinski definition) is 7. The number of sulfonamides is 1. The van der Waals surface area contributed by atoms with E-state index in [0.29, 0.717) is 13.0 Å². The van der Waals surface area contributed by atoms with Crippen LogP contribution in [-0.2, 0) is 29.1 Å². The van der Waals surface area contributed by atoms with Gasteiger partial charge in [-0.05, 0) is 69.4 Å². The van der Waals surface area contributed by atoms with Gasteiger partial charge in [0.15, 0.2) is 0 Å². The SMILES string of the molecule is CC(C)C1CCN(C(=O)[C@@H](NC(=O)OC(C)(C)C)C(C)(C)C)[C@@H]1C(=O)NC1(C(=O)NS(=O)(=O)c2ccccc2)CC1. The van der Waals surface area contributed by atoms with E-state index in [1.807, 2.05) is 34.6 Å². The molecule has 3 atom stereocenters. The summed E-state index contributed by atoms with van der Waals surface area (Å²) in [5.41, 5.74) is -2.84. The van der Waals surface area contributed by atoms with Crippen LogP contribution >= 0.6 is 0 Å². The van der Waals surface area contributed by atoms with E-state index in [1.54, 1.807) is 39.0 Å². The zero-order chi connectivity index (χ0) is 31.0. The smallest absolute Gasteiger partial charge is 0.408 e. The third-order valence-electron chi connectivity index (χ3n) is 7.45. The van der Waals surface area contributed by atoms with Gasteiger partial charge in [0, 0.05) is 6.54 Å². The Balaban J connectivity index is 1.82. The number of benzene rings is 1. The molecule has 0 spiro atoms. The summed E-state index contributed by atoms with van der Waals surface area (Å²) in [7, 11) is -4.13. The Morgan fingerprint density at radius 2 is 1.59 bits per heavy atom. The van der Waals surface area contributed by atoms with Crippen LogP contribution in [0.3, 0.4) is 0 Å². The van der Waals surface area contributed by atoms with Gasteiger partial charge >= 0.3 is 6.09 Å². The molecule has 1 saturated heterocycles. The van der Waals surface area contributed by atoms with E-state index in [1.165, 1.54) is 17.0 Å². The molecule has 1 saturated carbocycles. The second kappa shape index (κ2) is 11.6. The highest BCUT2D eigenvalue weighted by Gasteiger charge is 2.55. The quantitative estimate of drug-likeness (QED) is 0.420. The fourth-order valence-electron chi connectivity index (χ4n) is 5.06. The number of amides is 4. The van der Waals surface area contributed by atoms with E-state index >= 15 is 0 Å². The summed E-state index contributed by atoms with van der Waals surface area (Å²) in [6, 6.07) is 5.63. The second-order valence-electron chi connectivity index (χ2n) is 13.4. The summed E-state index contributed by atoms with van der Waals surface area (Å²) >= 11 is 0. The molecule has 0 aromatic heterocycles. The average molecular weight is 593 g/mol. The van der Waals surface area contributed by atoms with Gasteiger partial charge in [0.05, 0.1) is 4.90 Å². The minimum atomic E-state index is -4.13. The summed E-state index contributed by atoms with van der Waals surface area (Å²) in [6.07, 6.45) is 0.367. The normalized spacial score (nSPS) is 21.1. The number of ether oxygens (including phenoxy) is 1. The molecule has 1 aliphatic heterocycles. The molecule has 2 aliphatic rings. The van der Waals surface area contributed by atoms with Crippen LogP contribution in [0.1, 0.15) is 74.7 Å². The molecular formula is C29H44N4O7S. The number of carbonyl (C=O) groups is 4. The zero-order valence-electron chi connectivity index (χ0n) is 25.2. The molecule has 3 N–H and O–H groups in total. The van der Waals surface area contributed by atoms with Crippen molar-refractivity contribution in [2.24, 2.45) is 17.3 Å². The van der Waals surface area contributed by atoms with Crippen LogP contribution in [0.2, 0.25) is 0 Å². The maximum absolute atomic E-state index is 14.0. The van der Waals surface area contributed by atoms with Crippen LogP contribution in [0.4, 0.5) is 4.79 Å². The molecule has 41 heavy (non-hydrogen) atoms. The van der Waals surface area contributed by atoms with Crippen LogP contribution in [-0.4, -0.2) is 66.9 Å². The summed E-state index contributed by atoms with van der Waals surface area (Å²) in [4.78, 5) is 54.9. The standard InChI is InChI=1S/C29H44N4O7S/c1-18(2)20-14-17-33(24(35)22(27(3,4)5)30-26(37)40-28(6,7)8)21(20)23(34)31-29(15-16-29)25(36)32-41(38,39)19-12-10-9-11-13-19/h9-13,18,20-22H,14-17H2,1-8H3,(H,30,37)(H,31,34)(H,32,36)/t20?,21-,22+/m0/s1. The van der Waals surface area contributed by atoms with E-state index in [9.17, 15) is 27.6 Å². The van der Waals surface area contributed by atoms with Gasteiger partial charge in [-0.1, -0.05) is 52.8 Å². The lowest BCUT2D eigenvalue weighted by atomic mass is 9.84. The third kappa shape index (κ3) is 7.78. The highest BCUT2D eigenvalue weighted by molar-refractivity contribution is 7.90. The van der Waals surface area contributed by atoms with Crippen LogP contribution in [0, 0.1) is 17.3 Å². The Hall–Kier alpha value is -3.15. The van der Waals surface area contributed by atoms with Crippen molar-refractivity contribution in [3.63, 3.8) is 0 Å². The molecule has 1 aliphatic carbocycles. The first kappa shape index (κ1) is 32.4. The molecule has 1 aromatic carbocycles. The molecule has 2 fully saturated rings. The molecule has 0 radical (unpaired) electrons. The van der Waals surface area contributed by atoms with Gasteiger partial charge in [-0.2, -0.15) is 0 Å². The van der Waals surface area contributed by atoms with E-state index in [0.717, 1.165) is 0 Å². The number of carbonyl (C=O) groups excluding carboxylic acids is 4. The first-order chi connectivity index (χ1) is 18.8. The zero-order valence-corrected chi connectivity index (χ0v) is 26.1. The average Bonchev–Trinajstić information content (AvgIpc) is 3.47. The highest BCUT2D eigenvalue weighted by atomic mass is 32.2. The van der Waals surface area contributed by atoms with Crippen molar-refractivity contribution in [3.05, 3.63) is 30.3 Å². The van der Waals surface area contributed by atoms with Crippen molar-refractivity contribution in [2.45, 2.75) is 103 Å². The lowest BCUT2D eigenvalue weighted by molar-refractivity contribution is -0.144. The van der Waals surface area contributed by atoms with E-state index in [-0.39, 0.29) is 29.6 Å². The largest absolute Gasteiger partial charge is 0.444 e. The molecule has 11 nitrogen and oxygen atoms in total. The summed E-state index contributed by atoms with van der Waals surface area (Å²) in [5.74, 6) is -1.92.